The minimum atomic E-state index is -0.292. The Kier molecular flexibility index (Phi) is 5.87. The summed E-state index contributed by atoms with van der Waals surface area (Å²) in [5.74, 6) is 0.897. The van der Waals surface area contributed by atoms with Crippen molar-refractivity contribution in [3.8, 4) is 5.75 Å². The van der Waals surface area contributed by atoms with Gasteiger partial charge in [-0.25, -0.2) is 4.79 Å². The highest BCUT2D eigenvalue weighted by Gasteiger charge is 2.16. The van der Waals surface area contributed by atoms with Gasteiger partial charge in [0.1, 0.15) is 5.75 Å². The zero-order valence-electron chi connectivity index (χ0n) is 12.6. The summed E-state index contributed by atoms with van der Waals surface area (Å²) in [7, 11) is 1.41. The quantitative estimate of drug-likeness (QED) is 0.573. The van der Waals surface area contributed by atoms with Crippen LogP contribution in [0, 0.1) is 6.92 Å². The molecule has 19 heavy (non-hydrogen) atoms. The topological polar surface area (TPSA) is 35.5 Å². The first-order valence-electron chi connectivity index (χ1n) is 6.86. The minimum Gasteiger partial charge on any atom is -0.493 e. The lowest BCUT2D eigenvalue weighted by molar-refractivity contribution is 0.0599. The minimum absolute atomic E-state index is 0.292. The molecule has 1 aromatic rings. The molecule has 0 spiro atoms. The third-order valence-corrected chi connectivity index (χ3v) is 3.14. The van der Waals surface area contributed by atoms with E-state index in [9.17, 15) is 4.79 Å². The van der Waals surface area contributed by atoms with Crippen molar-refractivity contribution in [1.29, 1.82) is 0 Å². The highest BCUT2D eigenvalue weighted by molar-refractivity contribution is 5.91. The summed E-state index contributed by atoms with van der Waals surface area (Å²) in [5.41, 5.74) is 2.57. The van der Waals surface area contributed by atoms with Gasteiger partial charge in [-0.2, -0.15) is 0 Å². The van der Waals surface area contributed by atoms with Crippen LogP contribution in [0.15, 0.2) is 12.1 Å². The van der Waals surface area contributed by atoms with E-state index in [4.69, 9.17) is 9.47 Å². The third kappa shape index (κ3) is 3.98. The number of carbonyl (C=O) groups is 1. The number of unbranched alkanes of at least 4 members (excludes halogenated alkanes) is 1. The summed E-state index contributed by atoms with van der Waals surface area (Å²) in [4.78, 5) is 11.7. The smallest absolute Gasteiger partial charge is 0.338 e. The molecule has 0 aliphatic heterocycles. The first-order chi connectivity index (χ1) is 9.01. The van der Waals surface area contributed by atoms with Crippen LogP contribution in [0.2, 0.25) is 0 Å². The summed E-state index contributed by atoms with van der Waals surface area (Å²) in [5, 5.41) is 0. The predicted molar refractivity (Wildman–Crippen MR) is 77.0 cm³/mol. The van der Waals surface area contributed by atoms with E-state index in [1.807, 2.05) is 19.1 Å². The molecular formula is C16H24O3. The Morgan fingerprint density at radius 3 is 2.53 bits per heavy atom. The number of hydrogen-bond donors (Lipinski definition) is 0. The Hall–Kier alpha value is -1.51. The molecule has 0 bridgehead atoms. The van der Waals surface area contributed by atoms with Gasteiger partial charge < -0.3 is 9.47 Å². The van der Waals surface area contributed by atoms with Crippen molar-refractivity contribution in [1.82, 2.24) is 0 Å². The number of benzene rings is 1. The van der Waals surface area contributed by atoms with E-state index in [0.29, 0.717) is 18.1 Å². The van der Waals surface area contributed by atoms with Gasteiger partial charge in [-0.3, -0.25) is 0 Å². The zero-order valence-corrected chi connectivity index (χ0v) is 12.6. The van der Waals surface area contributed by atoms with Crippen LogP contribution in [0.1, 0.15) is 61.0 Å². The maximum absolute atomic E-state index is 11.7. The Labute approximate surface area is 115 Å². The van der Waals surface area contributed by atoms with Crippen LogP contribution in [0.5, 0.6) is 5.75 Å². The van der Waals surface area contributed by atoms with Crippen LogP contribution < -0.4 is 4.74 Å². The second-order valence-electron chi connectivity index (χ2n) is 5.05. The molecule has 106 valence electrons. The van der Waals surface area contributed by atoms with Crippen LogP contribution in [0.25, 0.3) is 0 Å². The molecule has 0 aromatic heterocycles. The van der Waals surface area contributed by atoms with E-state index in [1.54, 1.807) is 0 Å². The van der Waals surface area contributed by atoms with Gasteiger partial charge in [0.25, 0.3) is 0 Å². The molecule has 0 saturated heterocycles. The standard InChI is InChI=1S/C16H24O3/c1-6-7-8-19-15-9-12(4)14(16(17)18-5)10-13(15)11(2)3/h9-11H,6-8H2,1-5H3. The van der Waals surface area contributed by atoms with Crippen molar-refractivity contribution >= 4 is 5.97 Å². The normalized spacial score (nSPS) is 10.6. The molecule has 0 N–H and O–H groups in total. The first-order valence-corrected chi connectivity index (χ1v) is 6.86. The van der Waals surface area contributed by atoms with Crippen LogP contribution >= 0.6 is 0 Å². The molecular weight excluding hydrogens is 240 g/mol. The van der Waals surface area contributed by atoms with Crippen molar-refractivity contribution in [2.45, 2.75) is 46.5 Å². The molecule has 1 aromatic carbocycles. The van der Waals surface area contributed by atoms with Crippen molar-refractivity contribution in [3.05, 3.63) is 28.8 Å². The highest BCUT2D eigenvalue weighted by atomic mass is 16.5. The van der Waals surface area contributed by atoms with Gasteiger partial charge in [0, 0.05) is 0 Å². The van der Waals surface area contributed by atoms with Crippen LogP contribution in [0.3, 0.4) is 0 Å². The molecule has 1 rings (SSSR count). The van der Waals surface area contributed by atoms with E-state index < -0.39 is 0 Å². The van der Waals surface area contributed by atoms with Gasteiger partial charge in [0.15, 0.2) is 0 Å². The zero-order chi connectivity index (χ0) is 14.4. The van der Waals surface area contributed by atoms with Gasteiger partial charge >= 0.3 is 5.97 Å². The maximum Gasteiger partial charge on any atom is 0.338 e. The largest absolute Gasteiger partial charge is 0.493 e. The Bertz CT molecular complexity index is 436. The Morgan fingerprint density at radius 2 is 2.00 bits per heavy atom. The number of esters is 1. The lowest BCUT2D eigenvalue weighted by Crippen LogP contribution is -2.08. The summed E-state index contributed by atoms with van der Waals surface area (Å²) >= 11 is 0. The average molecular weight is 264 g/mol. The maximum atomic E-state index is 11.7. The number of methoxy groups -OCH3 is 1. The van der Waals surface area contributed by atoms with Crippen molar-refractivity contribution in [3.63, 3.8) is 0 Å². The molecule has 0 radical (unpaired) electrons. The number of carbonyl (C=O) groups excluding carboxylic acids is 1. The summed E-state index contributed by atoms with van der Waals surface area (Å²) in [6, 6.07) is 3.84. The molecule has 0 aliphatic carbocycles. The number of ether oxygens (including phenoxy) is 2. The second-order valence-corrected chi connectivity index (χ2v) is 5.05. The van der Waals surface area contributed by atoms with E-state index in [0.717, 1.165) is 29.7 Å². The third-order valence-electron chi connectivity index (χ3n) is 3.14. The molecule has 0 unspecified atom stereocenters. The van der Waals surface area contributed by atoms with Gasteiger partial charge in [-0.1, -0.05) is 27.2 Å². The molecule has 0 heterocycles. The fourth-order valence-corrected chi connectivity index (χ4v) is 1.93. The fraction of sp³-hybridized carbons (Fsp3) is 0.562. The fourth-order valence-electron chi connectivity index (χ4n) is 1.93. The molecule has 0 atom stereocenters. The molecule has 0 fully saturated rings. The van der Waals surface area contributed by atoms with Crippen molar-refractivity contribution < 1.29 is 14.3 Å². The van der Waals surface area contributed by atoms with E-state index in [1.165, 1.54) is 7.11 Å². The molecule has 0 amide bonds. The van der Waals surface area contributed by atoms with E-state index in [-0.39, 0.29) is 5.97 Å². The average Bonchev–Trinajstić information content (AvgIpc) is 2.38. The van der Waals surface area contributed by atoms with E-state index >= 15 is 0 Å². The molecule has 0 saturated carbocycles. The molecule has 0 aliphatic rings. The Balaban J connectivity index is 3.10. The van der Waals surface area contributed by atoms with Gasteiger partial charge in [-0.15, -0.1) is 0 Å². The summed E-state index contributed by atoms with van der Waals surface area (Å²) in [6.07, 6.45) is 2.14. The van der Waals surface area contributed by atoms with Gasteiger partial charge in [0.05, 0.1) is 19.3 Å². The van der Waals surface area contributed by atoms with Crippen LogP contribution in [0.4, 0.5) is 0 Å². The Morgan fingerprint density at radius 1 is 1.32 bits per heavy atom. The van der Waals surface area contributed by atoms with Gasteiger partial charge in [-0.05, 0) is 42.5 Å². The lowest BCUT2D eigenvalue weighted by Gasteiger charge is -2.17. The summed E-state index contributed by atoms with van der Waals surface area (Å²) in [6.45, 7) is 8.95. The van der Waals surface area contributed by atoms with Crippen LogP contribution in [-0.2, 0) is 4.74 Å². The second kappa shape index (κ2) is 7.17. The highest BCUT2D eigenvalue weighted by Crippen LogP contribution is 2.30. The van der Waals surface area contributed by atoms with Crippen molar-refractivity contribution in [2.24, 2.45) is 0 Å². The SMILES string of the molecule is CCCCOc1cc(C)c(C(=O)OC)cc1C(C)C. The van der Waals surface area contributed by atoms with Crippen LogP contribution in [-0.4, -0.2) is 19.7 Å². The van der Waals surface area contributed by atoms with Gasteiger partial charge in [0.2, 0.25) is 0 Å². The molecule has 3 heteroatoms. The monoisotopic (exact) mass is 264 g/mol. The lowest BCUT2D eigenvalue weighted by atomic mass is 9.96. The van der Waals surface area contributed by atoms with Crippen molar-refractivity contribution in [2.75, 3.05) is 13.7 Å². The predicted octanol–water partition coefficient (Wildman–Crippen LogP) is 4.08. The molecule has 3 nitrogen and oxygen atoms in total. The van der Waals surface area contributed by atoms with E-state index in [2.05, 4.69) is 20.8 Å². The number of hydrogen-bond acceptors (Lipinski definition) is 3. The number of rotatable bonds is 6. The first kappa shape index (κ1) is 15.5. The number of aryl methyl sites for hydroxylation is 1. The summed E-state index contributed by atoms with van der Waals surface area (Å²) < 4.78 is 10.6.